The highest BCUT2D eigenvalue weighted by atomic mass is 16.5. The van der Waals surface area contributed by atoms with Crippen molar-refractivity contribution in [3.05, 3.63) is 6.33 Å². The molecule has 0 aliphatic heterocycles. The van der Waals surface area contributed by atoms with Gasteiger partial charge in [-0.2, -0.15) is 5.26 Å². The fraction of sp³-hybridized carbons (Fsp3) is 0.636. The highest BCUT2D eigenvalue weighted by molar-refractivity contribution is 5.81. The Morgan fingerprint density at radius 3 is 2.75 bits per heavy atom. The van der Waals surface area contributed by atoms with Gasteiger partial charge in [0.15, 0.2) is 6.61 Å². The number of esters is 1. The molecule has 0 fully saturated rings. The number of amides is 1. The molecule has 1 heterocycles. The molecule has 1 amide bonds. The largest absolute Gasteiger partial charge is 0.454 e. The van der Waals surface area contributed by atoms with Crippen LogP contribution < -0.4 is 5.32 Å². The van der Waals surface area contributed by atoms with Crippen molar-refractivity contribution in [2.45, 2.75) is 32.9 Å². The second kappa shape index (κ2) is 6.60. The average molecular weight is 280 g/mol. The molecule has 20 heavy (non-hydrogen) atoms. The van der Waals surface area contributed by atoms with Crippen molar-refractivity contribution in [3.8, 4) is 6.07 Å². The second-order valence-electron chi connectivity index (χ2n) is 4.69. The van der Waals surface area contributed by atoms with Crippen LogP contribution in [0.25, 0.3) is 0 Å². The van der Waals surface area contributed by atoms with Gasteiger partial charge in [-0.3, -0.25) is 9.59 Å². The van der Waals surface area contributed by atoms with Crippen molar-refractivity contribution in [2.75, 3.05) is 6.61 Å². The van der Waals surface area contributed by atoms with E-state index in [2.05, 4.69) is 20.8 Å². The van der Waals surface area contributed by atoms with E-state index in [4.69, 9.17) is 10.00 Å². The lowest BCUT2D eigenvalue weighted by atomic mass is 9.90. The second-order valence-corrected chi connectivity index (χ2v) is 4.69. The van der Waals surface area contributed by atoms with Crippen molar-refractivity contribution >= 4 is 11.9 Å². The van der Waals surface area contributed by atoms with Gasteiger partial charge in [-0.15, -0.1) is 5.10 Å². The van der Waals surface area contributed by atoms with Crippen molar-refractivity contribution in [1.82, 2.24) is 25.5 Å². The molecule has 0 spiro atoms. The van der Waals surface area contributed by atoms with Crippen LogP contribution in [0.5, 0.6) is 0 Å². The molecule has 0 radical (unpaired) electrons. The Balaban J connectivity index is 2.40. The fourth-order valence-electron chi connectivity index (χ4n) is 1.20. The zero-order valence-electron chi connectivity index (χ0n) is 11.5. The van der Waals surface area contributed by atoms with Crippen LogP contribution in [0.2, 0.25) is 0 Å². The van der Waals surface area contributed by atoms with Crippen LogP contribution in [0.3, 0.4) is 0 Å². The minimum Gasteiger partial charge on any atom is -0.454 e. The highest BCUT2D eigenvalue weighted by Gasteiger charge is 2.30. The van der Waals surface area contributed by atoms with Crippen molar-refractivity contribution in [1.29, 1.82) is 5.26 Å². The zero-order chi connectivity index (χ0) is 15.2. The summed E-state index contributed by atoms with van der Waals surface area (Å²) in [4.78, 5) is 23.0. The number of aromatic nitrogens is 4. The van der Waals surface area contributed by atoms with Crippen LogP contribution in [0.15, 0.2) is 6.33 Å². The summed E-state index contributed by atoms with van der Waals surface area (Å²) in [5.74, 6) is -1.25. The summed E-state index contributed by atoms with van der Waals surface area (Å²) in [6.07, 6.45) is 1.26. The molecular weight excluding hydrogens is 264 g/mol. The number of carbonyl (C=O) groups excluding carboxylic acids is 2. The monoisotopic (exact) mass is 280 g/mol. The summed E-state index contributed by atoms with van der Waals surface area (Å²) in [6.45, 7) is 4.60. The maximum atomic E-state index is 11.6. The van der Waals surface area contributed by atoms with Gasteiger partial charge >= 0.3 is 5.97 Å². The summed E-state index contributed by atoms with van der Waals surface area (Å²) >= 11 is 0. The molecule has 9 nitrogen and oxygen atoms in total. The van der Waals surface area contributed by atoms with E-state index in [0.717, 1.165) is 0 Å². The molecule has 9 heteroatoms. The standard InChI is InChI=1S/C11H16N6O3/c1-8(2)11(3,6-12)14-9(18)5-20-10(19)4-17-7-13-15-16-17/h7-8H,4-5H2,1-3H3,(H,14,18)/t11-/m0/s1. The van der Waals surface area contributed by atoms with E-state index in [1.165, 1.54) is 11.0 Å². The molecular formula is C11H16N6O3. The molecule has 1 atom stereocenters. The minimum atomic E-state index is -1.00. The topological polar surface area (TPSA) is 123 Å². The van der Waals surface area contributed by atoms with Gasteiger partial charge in [-0.05, 0) is 23.3 Å². The quantitative estimate of drug-likeness (QED) is 0.681. The maximum Gasteiger partial charge on any atom is 0.328 e. The first-order valence-electron chi connectivity index (χ1n) is 5.96. The van der Waals surface area contributed by atoms with Gasteiger partial charge in [0.2, 0.25) is 0 Å². The lowest BCUT2D eigenvalue weighted by Gasteiger charge is -2.27. The molecule has 108 valence electrons. The molecule has 0 aliphatic carbocycles. The van der Waals surface area contributed by atoms with E-state index in [1.807, 2.05) is 19.9 Å². The van der Waals surface area contributed by atoms with E-state index < -0.39 is 24.0 Å². The van der Waals surface area contributed by atoms with Gasteiger partial charge in [-0.1, -0.05) is 13.8 Å². The average Bonchev–Trinajstić information content (AvgIpc) is 2.88. The number of carbonyl (C=O) groups is 2. The van der Waals surface area contributed by atoms with Crippen molar-refractivity contribution in [3.63, 3.8) is 0 Å². The smallest absolute Gasteiger partial charge is 0.328 e. The Hall–Kier alpha value is -2.50. The number of tetrazole rings is 1. The van der Waals surface area contributed by atoms with Gasteiger partial charge in [0.1, 0.15) is 18.4 Å². The number of hydrogen-bond acceptors (Lipinski definition) is 7. The Labute approximate surface area is 115 Å². The Kier molecular flexibility index (Phi) is 5.14. The fourth-order valence-corrected chi connectivity index (χ4v) is 1.20. The Bertz CT molecular complexity index is 507. The van der Waals surface area contributed by atoms with E-state index in [0.29, 0.717) is 0 Å². The van der Waals surface area contributed by atoms with Crippen LogP contribution >= 0.6 is 0 Å². The van der Waals surface area contributed by atoms with Crippen LogP contribution in [-0.4, -0.2) is 44.2 Å². The molecule has 0 saturated carbocycles. The summed E-state index contributed by atoms with van der Waals surface area (Å²) in [5.41, 5.74) is -1.00. The summed E-state index contributed by atoms with van der Waals surface area (Å²) in [6, 6.07) is 2.03. The van der Waals surface area contributed by atoms with Gasteiger partial charge in [-0.25, -0.2) is 4.68 Å². The van der Waals surface area contributed by atoms with Gasteiger partial charge < -0.3 is 10.1 Å². The van der Waals surface area contributed by atoms with Crippen molar-refractivity contribution in [2.24, 2.45) is 5.92 Å². The predicted octanol–water partition coefficient (Wildman–Crippen LogP) is -0.729. The highest BCUT2D eigenvalue weighted by Crippen LogP contribution is 2.14. The molecule has 0 bridgehead atoms. The normalized spacial score (nSPS) is 13.3. The third-order valence-corrected chi connectivity index (χ3v) is 2.83. The van der Waals surface area contributed by atoms with Crippen molar-refractivity contribution < 1.29 is 14.3 Å². The number of nitriles is 1. The van der Waals surface area contributed by atoms with Crippen LogP contribution in [0.1, 0.15) is 20.8 Å². The number of hydrogen-bond donors (Lipinski definition) is 1. The third-order valence-electron chi connectivity index (χ3n) is 2.83. The number of rotatable bonds is 6. The predicted molar refractivity (Wildman–Crippen MR) is 65.8 cm³/mol. The Morgan fingerprint density at radius 1 is 1.55 bits per heavy atom. The summed E-state index contributed by atoms with van der Waals surface area (Å²) in [7, 11) is 0. The first kappa shape index (κ1) is 15.6. The number of nitrogens with one attached hydrogen (secondary N) is 1. The van der Waals surface area contributed by atoms with Gasteiger partial charge in [0.25, 0.3) is 5.91 Å². The maximum absolute atomic E-state index is 11.6. The van der Waals surface area contributed by atoms with E-state index >= 15 is 0 Å². The molecule has 0 aromatic carbocycles. The SMILES string of the molecule is CC(C)[C@](C)(C#N)NC(=O)COC(=O)Cn1cnnn1. The van der Waals surface area contributed by atoms with Crippen LogP contribution in [0.4, 0.5) is 0 Å². The van der Waals surface area contributed by atoms with Crippen LogP contribution in [-0.2, 0) is 20.9 Å². The number of ether oxygens (including phenoxy) is 1. The van der Waals surface area contributed by atoms with Crippen LogP contribution in [0, 0.1) is 17.2 Å². The first-order valence-corrected chi connectivity index (χ1v) is 5.96. The van der Waals surface area contributed by atoms with E-state index in [-0.39, 0.29) is 12.5 Å². The summed E-state index contributed by atoms with van der Waals surface area (Å²) in [5, 5.41) is 21.8. The molecule has 1 N–H and O–H groups in total. The molecule has 0 aliphatic rings. The molecule has 1 aromatic heterocycles. The van der Waals surface area contributed by atoms with Gasteiger partial charge in [0.05, 0.1) is 6.07 Å². The summed E-state index contributed by atoms with van der Waals surface area (Å²) < 4.78 is 5.94. The molecule has 0 unspecified atom stereocenters. The lowest BCUT2D eigenvalue weighted by molar-refractivity contribution is -0.149. The third kappa shape index (κ3) is 4.31. The zero-order valence-corrected chi connectivity index (χ0v) is 11.5. The molecule has 0 saturated heterocycles. The molecule has 1 rings (SSSR count). The lowest BCUT2D eigenvalue weighted by Crippen LogP contribution is -2.50. The van der Waals surface area contributed by atoms with Gasteiger partial charge in [0, 0.05) is 0 Å². The Morgan fingerprint density at radius 2 is 2.25 bits per heavy atom. The number of nitrogens with zero attached hydrogens (tertiary/aromatic N) is 5. The minimum absolute atomic E-state index is 0.0756. The van der Waals surface area contributed by atoms with E-state index in [9.17, 15) is 9.59 Å². The first-order chi connectivity index (χ1) is 9.37. The molecule has 1 aromatic rings. The van der Waals surface area contributed by atoms with E-state index in [1.54, 1.807) is 6.92 Å².